The molecule has 0 heterocycles. The fraction of sp³-hybridized carbons (Fsp3) is 0.188. The number of nitrogens with one attached hydrogen (secondary N) is 1. The van der Waals surface area contributed by atoms with Crippen LogP contribution in [0.2, 0.25) is 0 Å². The molecule has 0 radical (unpaired) electrons. The highest BCUT2D eigenvalue weighted by Gasteiger charge is 2.35. The summed E-state index contributed by atoms with van der Waals surface area (Å²) in [4.78, 5) is 12.0. The molecule has 1 unspecified atom stereocenters. The van der Waals surface area contributed by atoms with Crippen molar-refractivity contribution >= 4 is 11.6 Å². The lowest BCUT2D eigenvalue weighted by atomic mass is 9.90. The van der Waals surface area contributed by atoms with E-state index in [-0.39, 0.29) is 5.82 Å². The summed E-state index contributed by atoms with van der Waals surface area (Å²) in [6, 6.07) is 12.8. The van der Waals surface area contributed by atoms with Gasteiger partial charge in [0.1, 0.15) is 17.1 Å². The molecule has 21 heavy (non-hydrogen) atoms. The molecule has 110 valence electrons. The maximum atomic E-state index is 13.0. The van der Waals surface area contributed by atoms with Crippen molar-refractivity contribution in [2.45, 2.75) is 12.5 Å². The molecule has 2 aromatic carbocycles. The zero-order valence-electron chi connectivity index (χ0n) is 11.9. The molecule has 1 atom stereocenters. The number of hydrogen-bond donors (Lipinski definition) is 2. The average molecular weight is 288 g/mol. The molecule has 0 aliphatic carbocycles. The van der Waals surface area contributed by atoms with Gasteiger partial charge in [0, 0.05) is 11.3 Å². The minimum Gasteiger partial charge on any atom is -0.496 e. The second-order valence-corrected chi connectivity index (χ2v) is 4.82. The van der Waals surface area contributed by atoms with E-state index in [1.54, 1.807) is 37.3 Å². The summed E-state index contributed by atoms with van der Waals surface area (Å²) < 4.78 is 18.3. The van der Waals surface area contributed by atoms with Crippen molar-refractivity contribution in [1.29, 1.82) is 0 Å². The number of amides is 1. The highest BCUT2D eigenvalue weighted by atomic mass is 19.1. The van der Waals surface area contributed by atoms with Gasteiger partial charge in [-0.1, -0.05) is 18.2 Å². The van der Waals surface area contributed by atoms with Crippen LogP contribution in [0.3, 0.4) is 0 Å². The average Bonchev–Trinajstić information content (AvgIpc) is 2.49. The van der Waals surface area contributed by atoms with Gasteiger partial charge in [0.15, 0.2) is 0 Å². The maximum Gasteiger partial charge on any atom is 0.247 e. The number of ether oxygens (including phenoxy) is 1. The molecule has 2 aromatic rings. The van der Waals surface area contributed by atoms with Crippen LogP contribution in [0, 0.1) is 5.82 Å². The van der Waals surface area contributed by atoms with Gasteiger partial charge < -0.3 is 15.8 Å². The number of primary amides is 1. The normalized spacial score (nSPS) is 13.3. The van der Waals surface area contributed by atoms with Crippen LogP contribution in [0.25, 0.3) is 0 Å². The SMILES string of the molecule is COc1ccccc1C(C)(Nc1ccc(F)cc1)C(N)=O. The molecule has 5 heteroatoms. The Kier molecular flexibility index (Phi) is 4.12. The van der Waals surface area contributed by atoms with Crippen molar-refractivity contribution in [1.82, 2.24) is 0 Å². The van der Waals surface area contributed by atoms with Crippen LogP contribution in [0.4, 0.5) is 10.1 Å². The molecular formula is C16H17FN2O2. The van der Waals surface area contributed by atoms with Gasteiger partial charge in [-0.15, -0.1) is 0 Å². The van der Waals surface area contributed by atoms with Gasteiger partial charge in [-0.3, -0.25) is 4.79 Å². The molecule has 4 nitrogen and oxygen atoms in total. The van der Waals surface area contributed by atoms with Crippen LogP contribution in [-0.4, -0.2) is 13.0 Å². The number of nitrogens with two attached hydrogens (primary N) is 1. The van der Waals surface area contributed by atoms with Crippen LogP contribution < -0.4 is 15.8 Å². The molecule has 0 fully saturated rings. The lowest BCUT2D eigenvalue weighted by Gasteiger charge is -2.30. The molecule has 0 spiro atoms. The van der Waals surface area contributed by atoms with Crippen LogP contribution in [0.15, 0.2) is 48.5 Å². The molecule has 0 aliphatic rings. The number of carbonyl (C=O) groups excluding carboxylic acids is 1. The van der Waals surface area contributed by atoms with Gasteiger partial charge >= 0.3 is 0 Å². The number of anilines is 1. The zero-order valence-corrected chi connectivity index (χ0v) is 11.9. The van der Waals surface area contributed by atoms with Crippen LogP contribution in [0.1, 0.15) is 12.5 Å². The van der Waals surface area contributed by atoms with E-state index >= 15 is 0 Å². The van der Waals surface area contributed by atoms with Crippen molar-refractivity contribution < 1.29 is 13.9 Å². The second kappa shape index (κ2) is 5.83. The largest absolute Gasteiger partial charge is 0.496 e. The first-order valence-corrected chi connectivity index (χ1v) is 6.44. The minimum atomic E-state index is -1.18. The standard InChI is InChI=1S/C16H17FN2O2/c1-16(15(18)20,13-5-3-4-6-14(13)21-2)19-12-9-7-11(17)8-10-12/h3-10,19H,1-2H3,(H2,18,20). The predicted molar refractivity (Wildman–Crippen MR) is 79.6 cm³/mol. The number of benzene rings is 2. The first-order chi connectivity index (χ1) is 9.97. The van der Waals surface area contributed by atoms with Crippen LogP contribution in [0.5, 0.6) is 5.75 Å². The summed E-state index contributed by atoms with van der Waals surface area (Å²) in [5.41, 5.74) is 5.60. The molecule has 0 saturated carbocycles. The van der Waals surface area contributed by atoms with Gasteiger partial charge in [-0.2, -0.15) is 0 Å². The third-order valence-corrected chi connectivity index (χ3v) is 3.38. The Morgan fingerprint density at radius 2 is 1.81 bits per heavy atom. The number of para-hydroxylation sites is 1. The van der Waals surface area contributed by atoms with Gasteiger partial charge in [0.25, 0.3) is 0 Å². The lowest BCUT2D eigenvalue weighted by molar-refractivity contribution is -0.122. The number of carbonyl (C=O) groups is 1. The maximum absolute atomic E-state index is 13.0. The fourth-order valence-electron chi connectivity index (χ4n) is 2.14. The predicted octanol–water partition coefficient (Wildman–Crippen LogP) is 2.65. The number of rotatable bonds is 5. The van der Waals surface area contributed by atoms with Crippen molar-refractivity contribution in [2.75, 3.05) is 12.4 Å². The van der Waals surface area contributed by atoms with E-state index in [0.717, 1.165) is 0 Å². The van der Waals surface area contributed by atoms with E-state index in [1.165, 1.54) is 19.2 Å². The topological polar surface area (TPSA) is 64.3 Å². The summed E-state index contributed by atoms with van der Waals surface area (Å²) in [5.74, 6) is -0.358. The molecule has 2 rings (SSSR count). The first kappa shape index (κ1) is 14.8. The van der Waals surface area contributed by atoms with Gasteiger partial charge in [0.2, 0.25) is 5.91 Å². The van der Waals surface area contributed by atoms with Gasteiger partial charge in [-0.05, 0) is 37.3 Å². The molecule has 0 saturated heterocycles. The van der Waals surface area contributed by atoms with Crippen LogP contribution in [-0.2, 0) is 10.3 Å². The zero-order chi connectivity index (χ0) is 15.5. The van der Waals surface area contributed by atoms with Crippen molar-refractivity contribution in [3.8, 4) is 5.75 Å². The Hall–Kier alpha value is -2.56. The molecule has 0 aliphatic heterocycles. The summed E-state index contributed by atoms with van der Waals surface area (Å²) in [7, 11) is 1.53. The fourth-order valence-corrected chi connectivity index (χ4v) is 2.14. The minimum absolute atomic E-state index is 0.349. The smallest absolute Gasteiger partial charge is 0.247 e. The summed E-state index contributed by atoms with van der Waals surface area (Å²) in [6.07, 6.45) is 0. The highest BCUT2D eigenvalue weighted by molar-refractivity contribution is 5.89. The molecule has 0 aromatic heterocycles. The van der Waals surface area contributed by atoms with Gasteiger partial charge in [0.05, 0.1) is 7.11 Å². The van der Waals surface area contributed by atoms with E-state index in [0.29, 0.717) is 17.0 Å². The van der Waals surface area contributed by atoms with Crippen molar-refractivity contribution in [3.63, 3.8) is 0 Å². The number of hydrogen-bond acceptors (Lipinski definition) is 3. The van der Waals surface area contributed by atoms with E-state index in [1.807, 2.05) is 6.07 Å². The van der Waals surface area contributed by atoms with Crippen LogP contribution >= 0.6 is 0 Å². The van der Waals surface area contributed by atoms with E-state index in [9.17, 15) is 9.18 Å². The summed E-state index contributed by atoms with van der Waals surface area (Å²) in [5, 5.41) is 3.05. The summed E-state index contributed by atoms with van der Waals surface area (Å²) in [6.45, 7) is 1.66. The molecule has 1 amide bonds. The Bertz CT molecular complexity index is 643. The second-order valence-electron chi connectivity index (χ2n) is 4.82. The van der Waals surface area contributed by atoms with Crippen molar-refractivity contribution in [2.24, 2.45) is 5.73 Å². The quantitative estimate of drug-likeness (QED) is 0.889. The Balaban J connectivity index is 2.45. The lowest BCUT2D eigenvalue weighted by Crippen LogP contribution is -2.45. The molecule has 0 bridgehead atoms. The summed E-state index contributed by atoms with van der Waals surface area (Å²) >= 11 is 0. The Morgan fingerprint density at radius 1 is 1.19 bits per heavy atom. The molecule has 3 N–H and O–H groups in total. The molecular weight excluding hydrogens is 271 g/mol. The van der Waals surface area contributed by atoms with Gasteiger partial charge in [-0.25, -0.2) is 4.39 Å². The van der Waals surface area contributed by atoms with E-state index in [2.05, 4.69) is 5.32 Å². The Morgan fingerprint density at radius 3 is 2.38 bits per heavy atom. The first-order valence-electron chi connectivity index (χ1n) is 6.44. The van der Waals surface area contributed by atoms with Crippen molar-refractivity contribution in [3.05, 3.63) is 59.9 Å². The monoisotopic (exact) mass is 288 g/mol. The highest BCUT2D eigenvalue weighted by Crippen LogP contribution is 2.32. The third kappa shape index (κ3) is 2.97. The van der Waals surface area contributed by atoms with E-state index < -0.39 is 11.4 Å². The van der Waals surface area contributed by atoms with E-state index in [4.69, 9.17) is 10.5 Å². The third-order valence-electron chi connectivity index (χ3n) is 3.38. The number of methoxy groups -OCH3 is 1. The number of halogens is 1. The Labute approximate surface area is 122 Å².